The summed E-state index contributed by atoms with van der Waals surface area (Å²) in [5.41, 5.74) is -0.678. The normalized spacial score (nSPS) is 11.6. The largest absolute Gasteiger partial charge is 0.493 e. The number of halogens is 3. The third-order valence-corrected chi connectivity index (χ3v) is 3.33. The van der Waals surface area contributed by atoms with Crippen molar-refractivity contribution in [2.75, 3.05) is 11.9 Å². The molecule has 2 rings (SSSR count). The lowest BCUT2D eigenvalue weighted by atomic mass is 10.1. The minimum absolute atomic E-state index is 0.0518. The first kappa shape index (κ1) is 19.1. The van der Waals surface area contributed by atoms with E-state index in [9.17, 15) is 23.2 Å². The minimum Gasteiger partial charge on any atom is -0.493 e. The number of nitrogens with zero attached hydrogens (tertiary/aromatic N) is 1. The Kier molecular flexibility index (Phi) is 6.02. The Morgan fingerprint density at radius 3 is 2.62 bits per heavy atom. The number of rotatable bonds is 5. The maximum absolute atomic E-state index is 12.7. The molecule has 2 aromatic rings. The number of hydrogen-bond acceptors (Lipinski definition) is 3. The highest BCUT2D eigenvalue weighted by molar-refractivity contribution is 6.09. The lowest BCUT2D eigenvalue weighted by Crippen LogP contribution is -2.14. The standard InChI is InChI=1S/C19H15F3N2O2/c1-2-26-17-9-4-3-6-13(17)10-14(12-23)18(25)24-16-8-5-7-15(11-16)19(20,21)22/h3-11H,2H2,1H3,(H,24,25)/b14-10+. The molecule has 4 nitrogen and oxygen atoms in total. The third kappa shape index (κ3) is 4.86. The number of amides is 1. The van der Waals surface area contributed by atoms with E-state index in [1.807, 2.05) is 0 Å². The highest BCUT2D eigenvalue weighted by Crippen LogP contribution is 2.30. The average molecular weight is 360 g/mol. The van der Waals surface area contributed by atoms with Crippen LogP contribution in [0, 0.1) is 11.3 Å². The fraction of sp³-hybridized carbons (Fsp3) is 0.158. The van der Waals surface area contributed by atoms with Crippen LogP contribution in [0.25, 0.3) is 6.08 Å². The van der Waals surface area contributed by atoms with E-state index >= 15 is 0 Å². The van der Waals surface area contributed by atoms with Gasteiger partial charge in [0.25, 0.3) is 5.91 Å². The van der Waals surface area contributed by atoms with Gasteiger partial charge in [-0.1, -0.05) is 24.3 Å². The summed E-state index contributed by atoms with van der Waals surface area (Å²) < 4.78 is 43.7. The number of para-hydroxylation sites is 1. The van der Waals surface area contributed by atoms with Crippen LogP contribution in [0.3, 0.4) is 0 Å². The van der Waals surface area contributed by atoms with Crippen molar-refractivity contribution in [2.24, 2.45) is 0 Å². The van der Waals surface area contributed by atoms with E-state index in [4.69, 9.17) is 4.74 Å². The first-order valence-corrected chi connectivity index (χ1v) is 7.67. The van der Waals surface area contributed by atoms with Gasteiger partial charge in [-0.3, -0.25) is 4.79 Å². The average Bonchev–Trinajstić information content (AvgIpc) is 2.60. The molecular weight excluding hydrogens is 345 g/mol. The monoisotopic (exact) mass is 360 g/mol. The quantitative estimate of drug-likeness (QED) is 0.624. The summed E-state index contributed by atoms with van der Waals surface area (Å²) in [6, 6.07) is 12.8. The van der Waals surface area contributed by atoms with Gasteiger partial charge in [-0.25, -0.2) is 0 Å². The summed E-state index contributed by atoms with van der Waals surface area (Å²) in [5.74, 6) is -0.312. The molecule has 0 saturated carbocycles. The van der Waals surface area contributed by atoms with E-state index in [1.165, 1.54) is 18.2 Å². The van der Waals surface area contributed by atoms with Crippen LogP contribution in [-0.2, 0) is 11.0 Å². The van der Waals surface area contributed by atoms with Crippen molar-refractivity contribution in [3.05, 3.63) is 65.2 Å². The van der Waals surface area contributed by atoms with Gasteiger partial charge in [0.15, 0.2) is 0 Å². The summed E-state index contributed by atoms with van der Waals surface area (Å²) in [6.07, 6.45) is -3.20. The molecule has 0 bridgehead atoms. The molecule has 0 radical (unpaired) electrons. The molecule has 7 heteroatoms. The van der Waals surface area contributed by atoms with E-state index in [0.29, 0.717) is 17.9 Å². The van der Waals surface area contributed by atoms with Gasteiger partial charge in [-0.15, -0.1) is 0 Å². The highest BCUT2D eigenvalue weighted by atomic mass is 19.4. The van der Waals surface area contributed by atoms with Crippen molar-refractivity contribution < 1.29 is 22.7 Å². The Morgan fingerprint density at radius 1 is 1.23 bits per heavy atom. The third-order valence-electron chi connectivity index (χ3n) is 3.33. The molecule has 0 aliphatic heterocycles. The Labute approximate surface area is 148 Å². The van der Waals surface area contributed by atoms with Crippen molar-refractivity contribution in [3.63, 3.8) is 0 Å². The number of nitrogens with one attached hydrogen (secondary N) is 1. The van der Waals surface area contributed by atoms with Crippen LogP contribution in [0.1, 0.15) is 18.1 Å². The molecule has 0 aromatic heterocycles. The zero-order valence-corrected chi connectivity index (χ0v) is 13.8. The van der Waals surface area contributed by atoms with Gasteiger partial charge in [-0.05, 0) is 37.3 Å². The summed E-state index contributed by atoms with van der Waals surface area (Å²) in [4.78, 5) is 12.3. The Hall–Kier alpha value is -3.27. The lowest BCUT2D eigenvalue weighted by molar-refractivity contribution is -0.137. The van der Waals surface area contributed by atoms with Crippen molar-refractivity contribution in [3.8, 4) is 11.8 Å². The summed E-state index contributed by atoms with van der Waals surface area (Å²) in [7, 11) is 0. The van der Waals surface area contributed by atoms with Gasteiger partial charge >= 0.3 is 6.18 Å². The first-order valence-electron chi connectivity index (χ1n) is 7.67. The zero-order valence-electron chi connectivity index (χ0n) is 13.8. The summed E-state index contributed by atoms with van der Waals surface area (Å²) in [6.45, 7) is 2.20. The molecule has 134 valence electrons. The molecule has 0 fully saturated rings. The molecule has 1 N–H and O–H groups in total. The molecule has 0 spiro atoms. The summed E-state index contributed by atoms with van der Waals surface area (Å²) >= 11 is 0. The van der Waals surface area contributed by atoms with Crippen molar-refractivity contribution in [2.45, 2.75) is 13.1 Å². The van der Waals surface area contributed by atoms with Crippen LogP contribution >= 0.6 is 0 Å². The van der Waals surface area contributed by atoms with Crippen molar-refractivity contribution in [1.29, 1.82) is 5.26 Å². The molecule has 2 aromatic carbocycles. The van der Waals surface area contributed by atoms with Crippen LogP contribution in [0.15, 0.2) is 54.1 Å². The molecule has 1 amide bonds. The minimum atomic E-state index is -4.52. The highest BCUT2D eigenvalue weighted by Gasteiger charge is 2.30. The van der Waals surface area contributed by atoms with Gasteiger partial charge in [-0.2, -0.15) is 18.4 Å². The molecule has 0 saturated heterocycles. The Balaban J connectivity index is 2.27. The van der Waals surface area contributed by atoms with Crippen molar-refractivity contribution in [1.82, 2.24) is 0 Å². The lowest BCUT2D eigenvalue weighted by Gasteiger charge is -2.10. The Bertz CT molecular complexity index is 868. The Morgan fingerprint density at radius 2 is 1.96 bits per heavy atom. The topological polar surface area (TPSA) is 62.1 Å². The van der Waals surface area contributed by atoms with Crippen LogP contribution < -0.4 is 10.1 Å². The molecular formula is C19H15F3N2O2. The SMILES string of the molecule is CCOc1ccccc1/C=C(\C#N)C(=O)Nc1cccc(C(F)(F)F)c1. The maximum Gasteiger partial charge on any atom is 0.416 e. The van der Waals surface area contributed by atoms with E-state index in [0.717, 1.165) is 12.1 Å². The molecule has 0 heterocycles. The number of anilines is 1. The molecule has 0 aliphatic carbocycles. The zero-order chi connectivity index (χ0) is 19.2. The molecule has 26 heavy (non-hydrogen) atoms. The second-order valence-electron chi connectivity index (χ2n) is 5.17. The van der Waals surface area contributed by atoms with E-state index < -0.39 is 17.6 Å². The maximum atomic E-state index is 12.7. The van der Waals surface area contributed by atoms with Gasteiger partial charge in [0, 0.05) is 11.3 Å². The number of nitriles is 1. The predicted molar refractivity (Wildman–Crippen MR) is 91.3 cm³/mol. The van der Waals surface area contributed by atoms with Gasteiger partial charge in [0.05, 0.1) is 12.2 Å². The van der Waals surface area contributed by atoms with E-state index in [-0.39, 0.29) is 11.3 Å². The van der Waals surface area contributed by atoms with Crippen LogP contribution in [0.5, 0.6) is 5.75 Å². The fourth-order valence-electron chi connectivity index (χ4n) is 2.16. The number of alkyl halides is 3. The smallest absolute Gasteiger partial charge is 0.416 e. The van der Waals surface area contributed by atoms with Gasteiger partial charge in [0.2, 0.25) is 0 Å². The number of carbonyl (C=O) groups excluding carboxylic acids is 1. The van der Waals surface area contributed by atoms with Crippen molar-refractivity contribution >= 4 is 17.7 Å². The van der Waals surface area contributed by atoms with Crippen LogP contribution in [0.4, 0.5) is 18.9 Å². The van der Waals surface area contributed by atoms with Gasteiger partial charge in [0.1, 0.15) is 17.4 Å². The number of ether oxygens (including phenoxy) is 1. The second kappa shape index (κ2) is 8.21. The summed E-state index contributed by atoms with van der Waals surface area (Å²) in [5, 5.41) is 11.5. The molecule has 0 unspecified atom stereocenters. The molecule has 0 atom stereocenters. The van der Waals surface area contributed by atoms with Crippen LogP contribution in [-0.4, -0.2) is 12.5 Å². The number of benzene rings is 2. The number of carbonyl (C=O) groups is 1. The second-order valence-corrected chi connectivity index (χ2v) is 5.17. The van der Waals surface area contributed by atoms with E-state index in [2.05, 4.69) is 5.32 Å². The molecule has 0 aliphatic rings. The van der Waals surface area contributed by atoms with Crippen LogP contribution in [0.2, 0.25) is 0 Å². The first-order chi connectivity index (χ1) is 12.3. The van der Waals surface area contributed by atoms with E-state index in [1.54, 1.807) is 37.3 Å². The predicted octanol–water partition coefficient (Wildman–Crippen LogP) is 4.65. The van der Waals surface area contributed by atoms with Gasteiger partial charge < -0.3 is 10.1 Å². The number of hydrogen-bond donors (Lipinski definition) is 1. The fourth-order valence-corrected chi connectivity index (χ4v) is 2.16.